The highest BCUT2D eigenvalue weighted by atomic mass is 16.3. The summed E-state index contributed by atoms with van der Waals surface area (Å²) in [5.41, 5.74) is 2.55. The van der Waals surface area contributed by atoms with Gasteiger partial charge in [0, 0.05) is 24.8 Å². The van der Waals surface area contributed by atoms with Gasteiger partial charge in [-0.05, 0) is 42.3 Å². The lowest BCUT2D eigenvalue weighted by atomic mass is 10.1. The Morgan fingerprint density at radius 2 is 2.15 bits per heavy atom. The minimum Gasteiger partial charge on any atom is -0.465 e. The summed E-state index contributed by atoms with van der Waals surface area (Å²) < 4.78 is 5.27. The molecule has 0 unspecified atom stereocenters. The molecule has 1 aromatic carbocycles. The van der Waals surface area contributed by atoms with Crippen molar-refractivity contribution in [3.8, 4) is 0 Å². The first-order chi connectivity index (χ1) is 9.83. The molecule has 0 radical (unpaired) electrons. The van der Waals surface area contributed by atoms with E-state index >= 15 is 0 Å². The van der Waals surface area contributed by atoms with Gasteiger partial charge in [0.2, 0.25) is 0 Å². The van der Waals surface area contributed by atoms with Gasteiger partial charge in [0.25, 0.3) is 0 Å². The molecule has 3 rings (SSSR count). The molecule has 0 aliphatic carbocycles. The molecule has 0 atom stereocenters. The molecule has 0 saturated heterocycles. The molecule has 2 aromatic heterocycles. The van der Waals surface area contributed by atoms with E-state index in [-0.39, 0.29) is 0 Å². The van der Waals surface area contributed by atoms with Gasteiger partial charge >= 0.3 is 0 Å². The first kappa shape index (κ1) is 12.8. The van der Waals surface area contributed by atoms with Crippen LogP contribution in [0.5, 0.6) is 0 Å². The highest BCUT2D eigenvalue weighted by Gasteiger charge is 2.04. The van der Waals surface area contributed by atoms with E-state index in [1.807, 2.05) is 24.4 Å². The van der Waals surface area contributed by atoms with Crippen molar-refractivity contribution >= 4 is 17.0 Å². The Hall–Kier alpha value is -2.26. The first-order valence-electron chi connectivity index (χ1n) is 6.76. The Kier molecular flexibility index (Phi) is 3.70. The topological polar surface area (TPSA) is 32.2 Å². The van der Waals surface area contributed by atoms with Crippen LogP contribution in [-0.4, -0.2) is 23.5 Å². The molecule has 0 bridgehead atoms. The van der Waals surface area contributed by atoms with Gasteiger partial charge in [-0.15, -0.1) is 0 Å². The largest absolute Gasteiger partial charge is 0.465 e. The van der Waals surface area contributed by atoms with E-state index in [0.717, 1.165) is 18.8 Å². The lowest BCUT2D eigenvalue weighted by Gasteiger charge is -2.15. The highest BCUT2D eigenvalue weighted by Crippen LogP contribution is 2.18. The number of fused-ring (bicyclic) bond motifs is 1. The third kappa shape index (κ3) is 2.83. The summed E-state index contributed by atoms with van der Waals surface area (Å²) in [4.78, 5) is 5.59. The highest BCUT2D eigenvalue weighted by molar-refractivity contribution is 5.82. The zero-order valence-corrected chi connectivity index (χ0v) is 11.5. The van der Waals surface area contributed by atoms with Crippen LogP contribution in [0.3, 0.4) is 0 Å². The summed E-state index contributed by atoms with van der Waals surface area (Å²) in [6, 6.07) is 12.4. The quantitative estimate of drug-likeness (QED) is 0.759. The third-order valence-corrected chi connectivity index (χ3v) is 3.36. The summed E-state index contributed by atoms with van der Waals surface area (Å²) in [6.07, 6.45) is 7.81. The van der Waals surface area contributed by atoms with Crippen molar-refractivity contribution in [3.05, 3.63) is 66.3 Å². The summed E-state index contributed by atoms with van der Waals surface area (Å²) in [5.74, 6) is 0.893. The fraction of sp³-hybridized carbons (Fsp3) is 0.176. The molecule has 2 heterocycles. The average Bonchev–Trinajstić information content (AvgIpc) is 3.09. The minimum atomic E-state index is 0.887. The van der Waals surface area contributed by atoms with Crippen molar-refractivity contribution in [1.82, 2.24) is 9.88 Å². The zero-order chi connectivity index (χ0) is 13.8. The Morgan fingerprint density at radius 1 is 1.20 bits per heavy atom. The summed E-state index contributed by atoms with van der Waals surface area (Å²) >= 11 is 0. The van der Waals surface area contributed by atoms with Crippen LogP contribution in [-0.2, 0) is 6.54 Å². The van der Waals surface area contributed by atoms with E-state index in [2.05, 4.69) is 47.3 Å². The van der Waals surface area contributed by atoms with Crippen molar-refractivity contribution in [3.63, 3.8) is 0 Å². The van der Waals surface area contributed by atoms with Gasteiger partial charge in [0.05, 0.1) is 6.26 Å². The number of furan rings is 1. The van der Waals surface area contributed by atoms with Crippen molar-refractivity contribution in [2.24, 2.45) is 0 Å². The third-order valence-electron chi connectivity index (χ3n) is 3.36. The molecule has 3 heteroatoms. The van der Waals surface area contributed by atoms with Crippen molar-refractivity contribution in [1.29, 1.82) is 0 Å². The summed E-state index contributed by atoms with van der Waals surface area (Å²) in [5, 5.41) is 1.27. The Balaban J connectivity index is 1.64. The van der Waals surface area contributed by atoms with Crippen molar-refractivity contribution in [2.45, 2.75) is 6.54 Å². The predicted molar refractivity (Wildman–Crippen MR) is 82.4 cm³/mol. The monoisotopic (exact) mass is 266 g/mol. The fourth-order valence-electron chi connectivity index (χ4n) is 2.37. The lowest BCUT2D eigenvalue weighted by Crippen LogP contribution is -2.17. The summed E-state index contributed by atoms with van der Waals surface area (Å²) in [7, 11) is 2.12. The maximum Gasteiger partial charge on any atom is 0.126 e. The van der Waals surface area contributed by atoms with Crippen LogP contribution in [0.25, 0.3) is 17.0 Å². The number of para-hydroxylation sites is 1. The van der Waals surface area contributed by atoms with Crippen LogP contribution < -0.4 is 0 Å². The number of rotatable bonds is 5. The lowest BCUT2D eigenvalue weighted by molar-refractivity contribution is 0.365. The molecule has 3 nitrogen and oxygen atoms in total. The molecule has 3 aromatic rings. The van der Waals surface area contributed by atoms with Crippen LogP contribution in [0.4, 0.5) is 0 Å². The normalized spacial score (nSPS) is 11.9. The first-order valence-corrected chi connectivity index (χ1v) is 6.76. The molecule has 0 aliphatic rings. The second-order valence-corrected chi connectivity index (χ2v) is 4.97. The number of hydrogen-bond donors (Lipinski definition) is 1. The smallest absolute Gasteiger partial charge is 0.126 e. The second kappa shape index (κ2) is 5.80. The number of likely N-dealkylation sites (N-methyl/N-ethyl adjacent to an activating group) is 1. The Morgan fingerprint density at radius 3 is 3.00 bits per heavy atom. The van der Waals surface area contributed by atoms with Gasteiger partial charge in [-0.1, -0.05) is 24.3 Å². The Bertz CT molecular complexity index is 695. The molecule has 0 saturated carbocycles. The molecule has 20 heavy (non-hydrogen) atoms. The van der Waals surface area contributed by atoms with Crippen LogP contribution in [0, 0.1) is 0 Å². The van der Waals surface area contributed by atoms with E-state index in [9.17, 15) is 0 Å². The number of nitrogens with zero attached hydrogens (tertiary/aromatic N) is 1. The predicted octanol–water partition coefficient (Wildman–Crippen LogP) is 3.91. The average molecular weight is 266 g/mol. The van der Waals surface area contributed by atoms with E-state index in [4.69, 9.17) is 4.42 Å². The van der Waals surface area contributed by atoms with Crippen LogP contribution in [0.2, 0.25) is 0 Å². The maximum absolute atomic E-state index is 5.27. The molecular formula is C17H18N2O. The molecule has 0 fully saturated rings. The fourth-order valence-corrected chi connectivity index (χ4v) is 2.37. The molecule has 0 spiro atoms. The van der Waals surface area contributed by atoms with Gasteiger partial charge in [0.15, 0.2) is 0 Å². The molecular weight excluding hydrogens is 248 g/mol. The number of benzene rings is 1. The molecule has 0 amide bonds. The standard InChI is InChI=1S/C17H18N2O/c1-19(11-3-7-16-8-4-12-20-16)13-15-6-2-5-14-9-10-18-17(14)15/h2-10,12,18H,11,13H2,1H3/b7-3+. The van der Waals surface area contributed by atoms with Crippen molar-refractivity contribution < 1.29 is 4.42 Å². The number of nitrogens with one attached hydrogen (secondary N) is 1. The number of aromatic nitrogens is 1. The maximum atomic E-state index is 5.27. The molecule has 0 aliphatic heterocycles. The van der Waals surface area contributed by atoms with Crippen molar-refractivity contribution in [2.75, 3.05) is 13.6 Å². The molecule has 1 N–H and O–H groups in total. The van der Waals surface area contributed by atoms with Gasteiger partial charge in [0.1, 0.15) is 5.76 Å². The number of aromatic amines is 1. The van der Waals surface area contributed by atoms with Crippen LogP contribution in [0.1, 0.15) is 11.3 Å². The Labute approximate surface area is 118 Å². The van der Waals surface area contributed by atoms with E-state index < -0.39 is 0 Å². The van der Waals surface area contributed by atoms with Gasteiger partial charge < -0.3 is 9.40 Å². The SMILES string of the molecule is CN(C/C=C/c1ccco1)Cc1cccc2cc[nH]c12. The minimum absolute atomic E-state index is 0.887. The van der Waals surface area contributed by atoms with Gasteiger partial charge in [-0.25, -0.2) is 0 Å². The second-order valence-electron chi connectivity index (χ2n) is 4.97. The number of H-pyrrole nitrogens is 1. The van der Waals surface area contributed by atoms with E-state index in [0.29, 0.717) is 0 Å². The van der Waals surface area contributed by atoms with Crippen LogP contribution >= 0.6 is 0 Å². The summed E-state index contributed by atoms with van der Waals surface area (Å²) in [6.45, 7) is 1.80. The molecule has 102 valence electrons. The number of hydrogen-bond acceptors (Lipinski definition) is 2. The van der Waals surface area contributed by atoms with Gasteiger partial charge in [-0.3, -0.25) is 4.90 Å². The van der Waals surface area contributed by atoms with Gasteiger partial charge in [-0.2, -0.15) is 0 Å². The van der Waals surface area contributed by atoms with E-state index in [1.165, 1.54) is 16.5 Å². The zero-order valence-electron chi connectivity index (χ0n) is 11.5. The van der Waals surface area contributed by atoms with E-state index in [1.54, 1.807) is 6.26 Å². The van der Waals surface area contributed by atoms with Crippen LogP contribution in [0.15, 0.2) is 59.4 Å².